The van der Waals surface area contributed by atoms with Gasteiger partial charge in [0.05, 0.1) is 5.69 Å². The van der Waals surface area contributed by atoms with Gasteiger partial charge in [-0.1, -0.05) is 23.4 Å². The molecule has 0 aliphatic rings. The maximum absolute atomic E-state index is 6.00. The Kier molecular flexibility index (Phi) is 4.85. The SMILES string of the molecule is Cc1ccccc1N=NN.N#N. The summed E-state index contributed by atoms with van der Waals surface area (Å²) < 4.78 is 0. The summed E-state index contributed by atoms with van der Waals surface area (Å²) in [7, 11) is 0. The van der Waals surface area contributed by atoms with Crippen LogP contribution in [0, 0.1) is 17.7 Å². The average Bonchev–Trinajstić information content (AvgIpc) is 2.13. The molecule has 0 amide bonds. The molecule has 12 heavy (non-hydrogen) atoms. The molecule has 0 fully saturated rings. The third kappa shape index (κ3) is 2.75. The van der Waals surface area contributed by atoms with Crippen molar-refractivity contribution >= 4 is 5.69 Å². The molecule has 1 aromatic carbocycles. The Hall–Kier alpha value is -1.96. The first-order chi connectivity index (χ1) is 5.84. The Balaban J connectivity index is 0.000000561. The summed E-state index contributed by atoms with van der Waals surface area (Å²) in [5.41, 5.74) is 1.90. The standard InChI is InChI=1S/C7H9N3.N2/c1-6-4-2-3-5-7(6)9-10-8;1-2/h2-5H,1H3,(H2,8,9);. The van der Waals surface area contributed by atoms with E-state index in [0.29, 0.717) is 0 Å². The van der Waals surface area contributed by atoms with Crippen LogP contribution in [-0.4, -0.2) is 0 Å². The molecule has 0 spiro atoms. The van der Waals surface area contributed by atoms with Crippen LogP contribution in [0.1, 0.15) is 5.56 Å². The second-order valence-corrected chi connectivity index (χ2v) is 2.00. The molecule has 0 saturated carbocycles. The van der Waals surface area contributed by atoms with Gasteiger partial charge >= 0.3 is 0 Å². The lowest BCUT2D eigenvalue weighted by Crippen LogP contribution is -1.76. The molecule has 0 unspecified atom stereocenters. The predicted octanol–water partition coefficient (Wildman–Crippen LogP) is 1.98. The van der Waals surface area contributed by atoms with Crippen LogP contribution in [0.2, 0.25) is 0 Å². The molecule has 1 aromatic rings. The molecular weight excluding hydrogens is 154 g/mol. The minimum absolute atomic E-state index is 0.824. The molecule has 2 N–H and O–H groups in total. The van der Waals surface area contributed by atoms with E-state index in [2.05, 4.69) is 10.3 Å². The topological polar surface area (TPSA) is 98.3 Å². The van der Waals surface area contributed by atoms with Crippen molar-refractivity contribution in [2.75, 3.05) is 0 Å². The highest BCUT2D eigenvalue weighted by molar-refractivity contribution is 5.43. The van der Waals surface area contributed by atoms with Gasteiger partial charge in [0.25, 0.3) is 0 Å². The summed E-state index contributed by atoms with van der Waals surface area (Å²) in [5, 5.41) is 18.9. The van der Waals surface area contributed by atoms with Gasteiger partial charge in [-0.3, -0.25) is 0 Å². The highest BCUT2D eigenvalue weighted by Crippen LogP contribution is 2.16. The minimum Gasteiger partial charge on any atom is -0.305 e. The number of nitrogens with two attached hydrogens (primary N) is 1. The van der Waals surface area contributed by atoms with Gasteiger partial charge in [0.2, 0.25) is 0 Å². The highest BCUT2D eigenvalue weighted by atomic mass is 15.3. The number of aryl methyl sites for hydroxylation is 1. The van der Waals surface area contributed by atoms with Gasteiger partial charge in [0.1, 0.15) is 0 Å². The summed E-state index contributed by atoms with van der Waals surface area (Å²) in [4.78, 5) is 0. The van der Waals surface area contributed by atoms with E-state index >= 15 is 0 Å². The molecule has 0 aliphatic heterocycles. The van der Waals surface area contributed by atoms with Crippen LogP contribution < -0.4 is 5.84 Å². The number of hydrogen-bond donors (Lipinski definition) is 1. The summed E-state index contributed by atoms with van der Waals surface area (Å²) in [6.07, 6.45) is 0. The molecule has 1 rings (SSSR count). The van der Waals surface area contributed by atoms with Crippen molar-refractivity contribution < 1.29 is 0 Å². The Morgan fingerprint density at radius 3 is 2.33 bits per heavy atom. The Morgan fingerprint density at radius 2 is 1.83 bits per heavy atom. The average molecular weight is 163 g/mol. The molecule has 5 heteroatoms. The van der Waals surface area contributed by atoms with Gasteiger partial charge in [-0.15, -0.1) is 5.11 Å². The van der Waals surface area contributed by atoms with Gasteiger partial charge in [-0.2, -0.15) is 0 Å². The first-order valence-corrected chi connectivity index (χ1v) is 3.21. The molecule has 62 valence electrons. The van der Waals surface area contributed by atoms with Crippen molar-refractivity contribution in [1.82, 2.24) is 0 Å². The summed E-state index contributed by atoms with van der Waals surface area (Å²) in [6, 6.07) is 7.68. The fraction of sp³-hybridized carbons (Fsp3) is 0.143. The summed E-state index contributed by atoms with van der Waals surface area (Å²) >= 11 is 0. The Bertz CT molecular complexity index is 278. The van der Waals surface area contributed by atoms with Gasteiger partial charge in [0, 0.05) is 10.8 Å². The zero-order valence-electron chi connectivity index (χ0n) is 6.68. The highest BCUT2D eigenvalue weighted by Gasteiger charge is 1.90. The van der Waals surface area contributed by atoms with Gasteiger partial charge in [-0.25, -0.2) is 0 Å². The fourth-order valence-corrected chi connectivity index (χ4v) is 0.738. The van der Waals surface area contributed by atoms with E-state index in [0.717, 1.165) is 11.3 Å². The molecule has 0 aliphatic carbocycles. The summed E-state index contributed by atoms with van der Waals surface area (Å²) in [6.45, 7) is 1.96. The molecule has 0 aromatic heterocycles. The smallest absolute Gasteiger partial charge is 0.0903 e. The van der Waals surface area contributed by atoms with Crippen LogP contribution in [0.25, 0.3) is 0 Å². The van der Waals surface area contributed by atoms with Crippen LogP contribution in [0.15, 0.2) is 34.6 Å². The van der Waals surface area contributed by atoms with Crippen molar-refractivity contribution in [3.63, 3.8) is 0 Å². The van der Waals surface area contributed by atoms with E-state index in [1.165, 1.54) is 0 Å². The first kappa shape index (κ1) is 10.0. The van der Waals surface area contributed by atoms with Gasteiger partial charge in [0.15, 0.2) is 0 Å². The number of hydrogen-bond acceptors (Lipinski definition) is 4. The Morgan fingerprint density at radius 1 is 1.25 bits per heavy atom. The maximum Gasteiger partial charge on any atom is 0.0903 e. The van der Waals surface area contributed by atoms with Crippen LogP contribution in [0.5, 0.6) is 0 Å². The normalized spacial score (nSPS) is 8.92. The van der Waals surface area contributed by atoms with Crippen LogP contribution in [0.4, 0.5) is 5.69 Å². The van der Waals surface area contributed by atoms with Gasteiger partial charge in [-0.05, 0) is 18.6 Å². The first-order valence-electron chi connectivity index (χ1n) is 3.21. The number of nitrogens with zero attached hydrogens (tertiary/aromatic N) is 4. The minimum atomic E-state index is 0.824. The molecule has 0 bridgehead atoms. The maximum atomic E-state index is 6.00. The molecule has 0 radical (unpaired) electrons. The quantitative estimate of drug-likeness (QED) is 0.296. The zero-order chi connectivity index (χ0) is 9.40. The van der Waals surface area contributed by atoms with E-state index in [1.54, 1.807) is 0 Å². The molecule has 5 nitrogen and oxygen atoms in total. The molecule has 0 saturated heterocycles. The van der Waals surface area contributed by atoms with Crippen LogP contribution in [-0.2, 0) is 0 Å². The van der Waals surface area contributed by atoms with Crippen molar-refractivity contribution in [2.24, 2.45) is 16.2 Å². The Labute approximate surface area is 70.3 Å². The van der Waals surface area contributed by atoms with E-state index in [1.807, 2.05) is 31.2 Å². The lowest BCUT2D eigenvalue weighted by atomic mass is 10.2. The van der Waals surface area contributed by atoms with Crippen LogP contribution >= 0.6 is 0 Å². The van der Waals surface area contributed by atoms with Crippen LogP contribution in [0.3, 0.4) is 0 Å². The second-order valence-electron chi connectivity index (χ2n) is 2.00. The van der Waals surface area contributed by atoms with Crippen molar-refractivity contribution in [3.05, 3.63) is 29.8 Å². The second kappa shape index (κ2) is 5.80. The van der Waals surface area contributed by atoms with Gasteiger partial charge < -0.3 is 5.84 Å². The molecule has 0 heterocycles. The lowest BCUT2D eigenvalue weighted by Gasteiger charge is -1.93. The van der Waals surface area contributed by atoms with E-state index in [-0.39, 0.29) is 0 Å². The van der Waals surface area contributed by atoms with E-state index in [9.17, 15) is 0 Å². The lowest BCUT2D eigenvalue weighted by molar-refractivity contribution is 1.05. The third-order valence-corrected chi connectivity index (χ3v) is 1.28. The number of benzene rings is 1. The third-order valence-electron chi connectivity index (χ3n) is 1.28. The summed E-state index contributed by atoms with van der Waals surface area (Å²) in [5.74, 6) is 4.89. The monoisotopic (exact) mass is 163 g/mol. The predicted molar refractivity (Wildman–Crippen MR) is 43.3 cm³/mol. The largest absolute Gasteiger partial charge is 0.305 e. The van der Waals surface area contributed by atoms with E-state index < -0.39 is 0 Å². The van der Waals surface area contributed by atoms with Crippen molar-refractivity contribution in [1.29, 1.82) is 10.8 Å². The fourth-order valence-electron chi connectivity index (χ4n) is 0.738. The molecule has 0 atom stereocenters. The van der Waals surface area contributed by atoms with E-state index in [4.69, 9.17) is 16.6 Å². The molecular formula is C7H9N5. The zero-order valence-corrected chi connectivity index (χ0v) is 6.68. The van der Waals surface area contributed by atoms with Crippen molar-refractivity contribution in [3.8, 4) is 0 Å². The van der Waals surface area contributed by atoms with Crippen molar-refractivity contribution in [2.45, 2.75) is 6.92 Å². The number of rotatable bonds is 1.